The van der Waals surface area contributed by atoms with Gasteiger partial charge in [-0.3, -0.25) is 14.6 Å². The number of carbonyl (C=O) groups excluding carboxylic acids is 2. The highest BCUT2D eigenvalue weighted by molar-refractivity contribution is 5.96. The van der Waals surface area contributed by atoms with Gasteiger partial charge in [0.1, 0.15) is 0 Å². The maximum absolute atomic E-state index is 12.4. The van der Waals surface area contributed by atoms with Crippen molar-refractivity contribution in [3.63, 3.8) is 0 Å². The van der Waals surface area contributed by atoms with Crippen molar-refractivity contribution in [1.82, 2.24) is 25.1 Å². The Balaban J connectivity index is 1.80. The molecule has 3 N–H and O–H groups in total. The van der Waals surface area contributed by atoms with Gasteiger partial charge >= 0.3 is 5.69 Å². The van der Waals surface area contributed by atoms with Crippen LogP contribution in [-0.4, -0.2) is 31.4 Å². The van der Waals surface area contributed by atoms with Gasteiger partial charge in [-0.05, 0) is 58.0 Å². The molecule has 8 heteroatoms. The third-order valence-electron chi connectivity index (χ3n) is 4.48. The normalized spacial score (nSPS) is 12.0. The van der Waals surface area contributed by atoms with E-state index in [9.17, 15) is 14.4 Å². The number of H-pyrrole nitrogens is 2. The van der Waals surface area contributed by atoms with Crippen LogP contribution in [0.25, 0.3) is 5.69 Å². The van der Waals surface area contributed by atoms with Crippen LogP contribution < -0.4 is 11.0 Å². The summed E-state index contributed by atoms with van der Waals surface area (Å²) in [5.41, 5.74) is 3.45. The molecule has 8 nitrogen and oxygen atoms in total. The van der Waals surface area contributed by atoms with Crippen molar-refractivity contribution in [2.45, 2.75) is 33.7 Å². The number of aromatic nitrogens is 4. The second-order valence-corrected chi connectivity index (χ2v) is 6.48. The molecular weight excluding hydrogens is 346 g/mol. The zero-order valence-electron chi connectivity index (χ0n) is 15.6. The molecule has 0 fully saturated rings. The van der Waals surface area contributed by atoms with E-state index in [2.05, 4.69) is 20.5 Å². The van der Waals surface area contributed by atoms with Crippen LogP contribution in [0, 0.1) is 13.8 Å². The Labute approximate surface area is 155 Å². The minimum Gasteiger partial charge on any atom is -0.342 e. The first-order chi connectivity index (χ1) is 12.8. The summed E-state index contributed by atoms with van der Waals surface area (Å²) in [5.74, 6) is 0.111. The average molecular weight is 367 g/mol. The molecule has 0 radical (unpaired) electrons. The summed E-state index contributed by atoms with van der Waals surface area (Å²) in [6.45, 7) is 7.12. The third kappa shape index (κ3) is 3.59. The lowest BCUT2D eigenvalue weighted by Gasteiger charge is -2.13. The van der Waals surface area contributed by atoms with E-state index >= 15 is 0 Å². The second-order valence-electron chi connectivity index (χ2n) is 6.48. The first kappa shape index (κ1) is 18.4. The van der Waals surface area contributed by atoms with Crippen LogP contribution >= 0.6 is 0 Å². The van der Waals surface area contributed by atoms with E-state index in [-0.39, 0.29) is 11.7 Å². The maximum atomic E-state index is 12.4. The second kappa shape index (κ2) is 7.06. The number of aryl methyl sites for hydroxylation is 1. The number of nitrogens with one attached hydrogen (secondary N) is 3. The van der Waals surface area contributed by atoms with Gasteiger partial charge in [0.05, 0.1) is 6.04 Å². The molecule has 3 rings (SSSR count). The summed E-state index contributed by atoms with van der Waals surface area (Å²) in [7, 11) is 0. The molecular formula is C19H21N5O3. The average Bonchev–Trinajstić information content (AvgIpc) is 3.18. The van der Waals surface area contributed by atoms with Crippen molar-refractivity contribution < 1.29 is 9.59 Å². The molecule has 0 saturated heterocycles. The van der Waals surface area contributed by atoms with Crippen LogP contribution in [0.3, 0.4) is 0 Å². The zero-order valence-corrected chi connectivity index (χ0v) is 15.6. The largest absolute Gasteiger partial charge is 0.342 e. The predicted molar refractivity (Wildman–Crippen MR) is 100 cm³/mol. The lowest BCUT2D eigenvalue weighted by atomic mass is 10.1. The number of nitrogens with zero attached hydrogens (tertiary/aromatic N) is 2. The van der Waals surface area contributed by atoms with E-state index in [4.69, 9.17) is 0 Å². The van der Waals surface area contributed by atoms with Gasteiger partial charge in [-0.2, -0.15) is 5.10 Å². The Bertz CT molecular complexity index is 1060. The van der Waals surface area contributed by atoms with Gasteiger partial charge in [0.25, 0.3) is 5.91 Å². The number of amides is 1. The third-order valence-corrected chi connectivity index (χ3v) is 4.48. The lowest BCUT2D eigenvalue weighted by Crippen LogP contribution is -2.27. The van der Waals surface area contributed by atoms with Gasteiger partial charge in [-0.1, -0.05) is 0 Å². The molecule has 3 aromatic rings. The van der Waals surface area contributed by atoms with Crippen molar-refractivity contribution in [3.8, 4) is 5.69 Å². The minimum absolute atomic E-state index is 0.0238. The monoisotopic (exact) mass is 367 g/mol. The van der Waals surface area contributed by atoms with Gasteiger partial charge in [0.15, 0.2) is 11.6 Å². The number of hydrogen-bond donors (Lipinski definition) is 3. The number of hydrogen-bond acceptors (Lipinski definition) is 4. The Morgan fingerprint density at radius 2 is 1.85 bits per heavy atom. The fraction of sp³-hybridized carbons (Fsp3) is 0.263. The number of ketones is 1. The summed E-state index contributed by atoms with van der Waals surface area (Å²) in [4.78, 5) is 37.8. The van der Waals surface area contributed by atoms with Crippen molar-refractivity contribution in [1.29, 1.82) is 0 Å². The van der Waals surface area contributed by atoms with E-state index < -0.39 is 11.7 Å². The molecule has 1 aromatic carbocycles. The van der Waals surface area contributed by atoms with Gasteiger partial charge in [-0.15, -0.1) is 0 Å². The Kier molecular flexibility index (Phi) is 4.81. The fourth-order valence-corrected chi connectivity index (χ4v) is 3.12. The number of aromatic amines is 2. The standard InChI is InChI=1S/C19H21N5O3/c1-10-9-16(13(4)25)12(3)24(10)15-7-5-14(6-8-15)18(26)20-11(2)17-21-19(27)23-22-17/h5-9,11H,1-4H3,(H,20,26)(H2,21,22,23,27). The van der Waals surface area contributed by atoms with Crippen LogP contribution in [0.15, 0.2) is 35.1 Å². The molecule has 0 aliphatic rings. The van der Waals surface area contributed by atoms with Crippen LogP contribution in [0.2, 0.25) is 0 Å². The van der Waals surface area contributed by atoms with Crippen LogP contribution in [0.1, 0.15) is 57.8 Å². The predicted octanol–water partition coefficient (Wildman–Crippen LogP) is 2.20. The van der Waals surface area contributed by atoms with Crippen LogP contribution in [0.4, 0.5) is 0 Å². The van der Waals surface area contributed by atoms with Crippen LogP contribution in [-0.2, 0) is 0 Å². The first-order valence-electron chi connectivity index (χ1n) is 8.53. The SMILES string of the molecule is CC(=O)c1cc(C)n(-c2ccc(C(=O)NC(C)c3n[nH]c(=O)[nH]3)cc2)c1C. The molecule has 2 heterocycles. The highest BCUT2D eigenvalue weighted by atomic mass is 16.2. The van der Waals surface area contributed by atoms with E-state index in [1.54, 1.807) is 26.0 Å². The Hall–Kier alpha value is -3.42. The minimum atomic E-state index is -0.441. The molecule has 1 unspecified atom stereocenters. The highest BCUT2D eigenvalue weighted by Crippen LogP contribution is 2.21. The summed E-state index contributed by atoms with van der Waals surface area (Å²) < 4.78 is 1.98. The summed E-state index contributed by atoms with van der Waals surface area (Å²) >= 11 is 0. The van der Waals surface area contributed by atoms with Gasteiger partial charge in [0.2, 0.25) is 0 Å². The van der Waals surface area contributed by atoms with E-state index in [1.165, 1.54) is 0 Å². The molecule has 0 aliphatic heterocycles. The molecule has 0 bridgehead atoms. The number of benzene rings is 1. The van der Waals surface area contributed by atoms with Gasteiger partial charge < -0.3 is 9.88 Å². The molecule has 2 aromatic heterocycles. The molecule has 0 spiro atoms. The number of rotatable bonds is 5. The highest BCUT2D eigenvalue weighted by Gasteiger charge is 2.16. The van der Waals surface area contributed by atoms with E-state index in [0.29, 0.717) is 17.0 Å². The smallest absolute Gasteiger partial charge is 0.340 e. The fourth-order valence-electron chi connectivity index (χ4n) is 3.12. The Morgan fingerprint density at radius 3 is 2.37 bits per heavy atom. The summed E-state index contributed by atoms with van der Waals surface area (Å²) in [6, 6.07) is 8.53. The lowest BCUT2D eigenvalue weighted by molar-refractivity contribution is 0.0937. The quantitative estimate of drug-likeness (QED) is 0.600. The molecule has 27 heavy (non-hydrogen) atoms. The van der Waals surface area contributed by atoms with Gasteiger partial charge in [-0.25, -0.2) is 9.89 Å². The van der Waals surface area contributed by atoms with Crippen molar-refractivity contribution in [2.24, 2.45) is 0 Å². The van der Waals surface area contributed by atoms with E-state index in [1.807, 2.05) is 36.6 Å². The first-order valence-corrected chi connectivity index (χ1v) is 8.53. The Morgan fingerprint density at radius 1 is 1.19 bits per heavy atom. The maximum Gasteiger partial charge on any atom is 0.340 e. The molecule has 140 valence electrons. The van der Waals surface area contributed by atoms with Crippen molar-refractivity contribution in [3.05, 3.63) is 69.2 Å². The molecule has 1 amide bonds. The van der Waals surface area contributed by atoms with E-state index in [0.717, 1.165) is 17.1 Å². The van der Waals surface area contributed by atoms with Crippen molar-refractivity contribution in [2.75, 3.05) is 0 Å². The zero-order chi connectivity index (χ0) is 19.7. The number of Topliss-reactive ketones (excluding diaryl/α,β-unsaturated/α-hetero) is 1. The summed E-state index contributed by atoms with van der Waals surface area (Å²) in [6.07, 6.45) is 0. The topological polar surface area (TPSA) is 113 Å². The van der Waals surface area contributed by atoms with Gasteiger partial charge in [0, 0.05) is 28.2 Å². The molecule has 1 atom stereocenters. The van der Waals surface area contributed by atoms with Crippen molar-refractivity contribution >= 4 is 11.7 Å². The molecule has 0 aliphatic carbocycles. The molecule has 0 saturated carbocycles. The summed E-state index contributed by atoms with van der Waals surface area (Å²) in [5, 5.41) is 8.87. The number of carbonyl (C=O) groups is 2. The van der Waals surface area contributed by atoms with Crippen LogP contribution in [0.5, 0.6) is 0 Å².